The molecule has 2 rings (SSSR count). The fourth-order valence-corrected chi connectivity index (χ4v) is 3.51. The number of carbonyl (C=O) groups is 1. The summed E-state index contributed by atoms with van der Waals surface area (Å²) in [6, 6.07) is 0.265. The zero-order chi connectivity index (χ0) is 15.5. The van der Waals surface area contributed by atoms with Gasteiger partial charge < -0.3 is 14.7 Å². The fraction of sp³-hybridized carbons (Fsp3) is 0.938. The third kappa shape index (κ3) is 4.66. The highest BCUT2D eigenvalue weighted by molar-refractivity contribution is 5.78. The Bertz CT molecular complexity index is 352. The Morgan fingerprint density at radius 1 is 1.38 bits per heavy atom. The van der Waals surface area contributed by atoms with E-state index in [1.54, 1.807) is 13.8 Å². The van der Waals surface area contributed by atoms with E-state index in [1.165, 1.54) is 12.8 Å². The molecule has 1 amide bonds. The van der Waals surface area contributed by atoms with Crippen LogP contribution >= 0.6 is 0 Å². The van der Waals surface area contributed by atoms with Crippen molar-refractivity contribution in [2.75, 3.05) is 32.8 Å². The molecule has 5 nitrogen and oxygen atoms in total. The average molecular weight is 298 g/mol. The molecule has 0 aromatic rings. The molecule has 0 spiro atoms. The summed E-state index contributed by atoms with van der Waals surface area (Å²) in [6.45, 7) is 8.65. The second-order valence-corrected chi connectivity index (χ2v) is 6.96. The zero-order valence-corrected chi connectivity index (χ0v) is 13.7. The fourth-order valence-electron chi connectivity index (χ4n) is 3.51. The number of likely N-dealkylation sites (N-methyl/N-ethyl adjacent to an activating group) is 1. The van der Waals surface area contributed by atoms with Crippen LogP contribution in [0.5, 0.6) is 0 Å². The highest BCUT2D eigenvalue weighted by Crippen LogP contribution is 2.28. The molecule has 1 N–H and O–H groups in total. The summed E-state index contributed by atoms with van der Waals surface area (Å²) in [5.41, 5.74) is -0.769. The summed E-state index contributed by atoms with van der Waals surface area (Å²) in [5, 5.41) is 9.94. The molecule has 0 aromatic carbocycles. The monoisotopic (exact) mass is 298 g/mol. The maximum atomic E-state index is 12.7. The molecule has 21 heavy (non-hydrogen) atoms. The van der Waals surface area contributed by atoms with Crippen molar-refractivity contribution >= 4 is 5.91 Å². The van der Waals surface area contributed by atoms with Crippen LogP contribution in [0.15, 0.2) is 0 Å². The van der Waals surface area contributed by atoms with Gasteiger partial charge in [-0.05, 0) is 33.2 Å². The van der Waals surface area contributed by atoms with Gasteiger partial charge in [-0.25, -0.2) is 0 Å². The lowest BCUT2D eigenvalue weighted by Crippen LogP contribution is -2.57. The van der Waals surface area contributed by atoms with Crippen molar-refractivity contribution in [3.05, 3.63) is 0 Å². The second kappa shape index (κ2) is 7.07. The van der Waals surface area contributed by atoms with Crippen LogP contribution in [-0.2, 0) is 9.53 Å². The van der Waals surface area contributed by atoms with E-state index < -0.39 is 5.60 Å². The largest absolute Gasteiger partial charge is 0.389 e. The number of aliphatic hydroxyl groups is 1. The van der Waals surface area contributed by atoms with E-state index in [9.17, 15) is 9.90 Å². The Balaban J connectivity index is 1.94. The number of rotatable bonds is 5. The van der Waals surface area contributed by atoms with Crippen molar-refractivity contribution in [3.63, 3.8) is 0 Å². The molecule has 2 atom stereocenters. The van der Waals surface area contributed by atoms with Crippen LogP contribution in [0.3, 0.4) is 0 Å². The minimum absolute atomic E-state index is 0.182. The first-order chi connectivity index (χ1) is 9.90. The summed E-state index contributed by atoms with van der Waals surface area (Å²) >= 11 is 0. The van der Waals surface area contributed by atoms with Crippen LogP contribution in [0.1, 0.15) is 46.5 Å². The maximum absolute atomic E-state index is 12.7. The Labute approximate surface area is 128 Å². The summed E-state index contributed by atoms with van der Waals surface area (Å²) in [7, 11) is 0. The number of carbonyl (C=O) groups excluding carboxylic acids is 1. The van der Waals surface area contributed by atoms with Gasteiger partial charge in [0.05, 0.1) is 30.9 Å². The van der Waals surface area contributed by atoms with Crippen molar-refractivity contribution in [1.29, 1.82) is 0 Å². The van der Waals surface area contributed by atoms with Gasteiger partial charge >= 0.3 is 0 Å². The van der Waals surface area contributed by atoms with E-state index in [4.69, 9.17) is 4.74 Å². The average Bonchev–Trinajstić information content (AvgIpc) is 2.44. The number of nitrogens with zero attached hydrogens (tertiary/aromatic N) is 2. The van der Waals surface area contributed by atoms with Crippen LogP contribution in [0, 0.1) is 0 Å². The molecule has 1 saturated heterocycles. The summed E-state index contributed by atoms with van der Waals surface area (Å²) in [4.78, 5) is 16.7. The van der Waals surface area contributed by atoms with Gasteiger partial charge in [-0.1, -0.05) is 19.8 Å². The first-order valence-electron chi connectivity index (χ1n) is 8.26. The molecular formula is C16H30N2O3. The number of fused-ring (bicyclic) bond motifs is 1. The smallest absolute Gasteiger partial charge is 0.237 e. The summed E-state index contributed by atoms with van der Waals surface area (Å²) in [6.07, 6.45) is 4.78. The molecule has 2 fully saturated rings. The second-order valence-electron chi connectivity index (χ2n) is 6.96. The zero-order valence-electron chi connectivity index (χ0n) is 13.7. The van der Waals surface area contributed by atoms with Gasteiger partial charge in [-0.2, -0.15) is 0 Å². The molecule has 2 aliphatic rings. The molecule has 122 valence electrons. The number of hydrogen-bond donors (Lipinski definition) is 1. The number of amides is 1. The Kier molecular flexibility index (Phi) is 5.63. The molecule has 1 aliphatic carbocycles. The van der Waals surface area contributed by atoms with Crippen LogP contribution in [0.2, 0.25) is 0 Å². The molecule has 0 aromatic heterocycles. The van der Waals surface area contributed by atoms with Crippen molar-refractivity contribution in [2.45, 2.75) is 64.2 Å². The Morgan fingerprint density at radius 2 is 2.10 bits per heavy atom. The SMILES string of the molecule is CCN(CC(=O)N1CCOC2CCCCC21)CC(C)(C)O. The van der Waals surface area contributed by atoms with Crippen molar-refractivity contribution in [2.24, 2.45) is 0 Å². The molecule has 1 aliphatic heterocycles. The lowest BCUT2D eigenvalue weighted by Gasteiger charge is -2.44. The van der Waals surface area contributed by atoms with Gasteiger partial charge in [0.2, 0.25) is 5.91 Å². The molecule has 0 radical (unpaired) electrons. The molecule has 0 bridgehead atoms. The van der Waals surface area contributed by atoms with E-state index in [0.717, 1.165) is 19.4 Å². The van der Waals surface area contributed by atoms with Crippen molar-refractivity contribution in [3.8, 4) is 0 Å². The molecule has 2 unspecified atom stereocenters. The van der Waals surface area contributed by atoms with Crippen LogP contribution in [0.4, 0.5) is 0 Å². The number of hydrogen-bond acceptors (Lipinski definition) is 4. The Hall–Kier alpha value is -0.650. The molecule has 5 heteroatoms. The van der Waals surface area contributed by atoms with Crippen LogP contribution < -0.4 is 0 Å². The van der Waals surface area contributed by atoms with Crippen molar-refractivity contribution < 1.29 is 14.6 Å². The third-order valence-electron chi connectivity index (χ3n) is 4.47. The van der Waals surface area contributed by atoms with Gasteiger partial charge in [0, 0.05) is 13.1 Å². The van der Waals surface area contributed by atoms with Gasteiger partial charge in [0.1, 0.15) is 0 Å². The van der Waals surface area contributed by atoms with Gasteiger partial charge in [-0.3, -0.25) is 9.69 Å². The number of morpholine rings is 1. The lowest BCUT2D eigenvalue weighted by atomic mass is 9.90. The molecular weight excluding hydrogens is 268 g/mol. The standard InChI is InChI=1S/C16H30N2O3/c1-4-17(12-16(2,3)20)11-15(19)18-9-10-21-14-8-6-5-7-13(14)18/h13-14,20H,4-12H2,1-3H3. The summed E-state index contributed by atoms with van der Waals surface area (Å²) in [5.74, 6) is 0.182. The van der Waals surface area contributed by atoms with E-state index >= 15 is 0 Å². The first kappa shape index (κ1) is 16.7. The van der Waals surface area contributed by atoms with E-state index in [1.807, 2.05) is 16.7 Å². The van der Waals surface area contributed by atoms with Crippen LogP contribution in [-0.4, -0.2) is 71.3 Å². The lowest BCUT2D eigenvalue weighted by molar-refractivity contribution is -0.151. The highest BCUT2D eigenvalue weighted by atomic mass is 16.5. The quantitative estimate of drug-likeness (QED) is 0.830. The summed E-state index contributed by atoms with van der Waals surface area (Å²) < 4.78 is 5.83. The van der Waals surface area contributed by atoms with Crippen LogP contribution in [0.25, 0.3) is 0 Å². The number of ether oxygens (including phenoxy) is 1. The topological polar surface area (TPSA) is 53.0 Å². The van der Waals surface area contributed by atoms with Gasteiger partial charge in [0.15, 0.2) is 0 Å². The van der Waals surface area contributed by atoms with Crippen molar-refractivity contribution in [1.82, 2.24) is 9.80 Å². The highest BCUT2D eigenvalue weighted by Gasteiger charge is 2.37. The van der Waals surface area contributed by atoms with Gasteiger partial charge in [-0.15, -0.1) is 0 Å². The molecule has 1 saturated carbocycles. The first-order valence-corrected chi connectivity index (χ1v) is 8.26. The predicted molar refractivity (Wildman–Crippen MR) is 82.1 cm³/mol. The van der Waals surface area contributed by atoms with E-state index in [2.05, 4.69) is 0 Å². The van der Waals surface area contributed by atoms with Gasteiger partial charge in [0.25, 0.3) is 0 Å². The normalized spacial score (nSPS) is 26.8. The Morgan fingerprint density at radius 3 is 2.76 bits per heavy atom. The third-order valence-corrected chi connectivity index (χ3v) is 4.47. The maximum Gasteiger partial charge on any atom is 0.237 e. The minimum Gasteiger partial charge on any atom is -0.389 e. The van der Waals surface area contributed by atoms with E-state index in [-0.39, 0.29) is 18.1 Å². The molecule has 1 heterocycles. The minimum atomic E-state index is -0.769. The predicted octanol–water partition coefficient (Wildman–Crippen LogP) is 1.25. The van der Waals surface area contributed by atoms with E-state index in [0.29, 0.717) is 26.2 Å².